The summed E-state index contributed by atoms with van der Waals surface area (Å²) >= 11 is 0. The molecule has 4 atom stereocenters. The summed E-state index contributed by atoms with van der Waals surface area (Å²) in [6.07, 6.45) is 4.91. The summed E-state index contributed by atoms with van der Waals surface area (Å²) in [6, 6.07) is 10.6. The standard InChI is InChI=1S/C40H49N9O6/c1-21(2)33(45-39(52)53)37(50)48-15-7-9-29(48)35-41-19-27(43-35)23-11-13-25-26-14-12-24(18-32(26)47(5)31(25)17-23)28-20-42-36(44-28)30-10-8-16-49(30)38(51)34(22(3)4)46-40(54)55-6/h11-14,17-22,29-30,33-34,45H,7-10,15-16H2,1-6H3,(H,41,43)(H,42,44)(H,46,54)(H,52,53)/t29-,30-,33-,34-/m0/s1. The Balaban J connectivity index is 1.12. The van der Waals surface area contributed by atoms with Crippen molar-refractivity contribution in [3.8, 4) is 22.5 Å². The molecule has 0 bridgehead atoms. The third-order valence-electron chi connectivity index (χ3n) is 11.1. The van der Waals surface area contributed by atoms with Gasteiger partial charge in [0.05, 0.1) is 43.0 Å². The molecule has 0 unspecified atom stereocenters. The minimum absolute atomic E-state index is 0.116. The Hall–Kier alpha value is -5.86. The number of aryl methyl sites for hydroxylation is 1. The molecule has 0 spiro atoms. The molecule has 4 amide bonds. The van der Waals surface area contributed by atoms with E-state index in [2.05, 4.69) is 61.6 Å². The number of imidazole rings is 2. The van der Waals surface area contributed by atoms with Crippen molar-refractivity contribution in [3.05, 3.63) is 60.4 Å². The highest BCUT2D eigenvalue weighted by molar-refractivity contribution is 6.09. The number of rotatable bonds is 10. The second-order valence-electron chi connectivity index (χ2n) is 15.3. The summed E-state index contributed by atoms with van der Waals surface area (Å²) in [4.78, 5) is 70.4. The zero-order valence-electron chi connectivity index (χ0n) is 32.1. The van der Waals surface area contributed by atoms with Crippen LogP contribution in [0.4, 0.5) is 9.59 Å². The highest BCUT2D eigenvalue weighted by Gasteiger charge is 2.39. The summed E-state index contributed by atoms with van der Waals surface area (Å²) in [5.41, 5.74) is 5.69. The Bertz CT molecular complexity index is 2250. The predicted octanol–water partition coefficient (Wildman–Crippen LogP) is 6.11. The summed E-state index contributed by atoms with van der Waals surface area (Å²) < 4.78 is 6.94. The van der Waals surface area contributed by atoms with E-state index < -0.39 is 24.3 Å². The van der Waals surface area contributed by atoms with Gasteiger partial charge in [-0.1, -0.05) is 52.0 Å². The maximum atomic E-state index is 13.6. The Morgan fingerprint density at radius 2 is 1.22 bits per heavy atom. The van der Waals surface area contributed by atoms with Crippen LogP contribution in [0.25, 0.3) is 44.3 Å². The van der Waals surface area contributed by atoms with Crippen molar-refractivity contribution < 1.29 is 29.0 Å². The molecule has 2 aliphatic heterocycles. The SMILES string of the molecule is COC(=O)N[C@H](C(=O)N1CCC[C@H]1c1ncc(-c2ccc3c4ccc(-c5cnc([C@@H]6CCCN6C(=O)[C@@H](NC(=O)O)C(C)C)[nH]5)cc4n(C)c3c2)[nH]1)C(C)C. The topological polar surface area (TPSA) is 191 Å². The Labute approximate surface area is 318 Å². The van der Waals surface area contributed by atoms with Crippen molar-refractivity contribution in [2.75, 3.05) is 20.2 Å². The van der Waals surface area contributed by atoms with Crippen LogP contribution in [0, 0.1) is 11.8 Å². The second kappa shape index (κ2) is 15.1. The Morgan fingerprint density at radius 3 is 1.64 bits per heavy atom. The minimum Gasteiger partial charge on any atom is -0.465 e. The number of likely N-dealkylation sites (tertiary alicyclic amines) is 2. The van der Waals surface area contributed by atoms with Crippen LogP contribution in [-0.4, -0.2) is 95.7 Å². The van der Waals surface area contributed by atoms with Crippen LogP contribution < -0.4 is 10.6 Å². The molecule has 0 saturated carbocycles. The van der Waals surface area contributed by atoms with Crippen LogP contribution >= 0.6 is 0 Å². The van der Waals surface area contributed by atoms with Gasteiger partial charge < -0.3 is 44.8 Å². The lowest BCUT2D eigenvalue weighted by Crippen LogP contribution is -2.51. The molecule has 2 fully saturated rings. The number of benzene rings is 2. The largest absolute Gasteiger partial charge is 0.465 e. The molecule has 5 heterocycles. The summed E-state index contributed by atoms with van der Waals surface area (Å²) in [6.45, 7) is 8.59. The molecular weight excluding hydrogens is 702 g/mol. The predicted molar refractivity (Wildman–Crippen MR) is 207 cm³/mol. The van der Waals surface area contributed by atoms with Gasteiger partial charge >= 0.3 is 12.2 Å². The first-order chi connectivity index (χ1) is 26.4. The summed E-state index contributed by atoms with van der Waals surface area (Å²) in [5, 5.41) is 16.6. The first-order valence-corrected chi connectivity index (χ1v) is 18.9. The lowest BCUT2D eigenvalue weighted by Gasteiger charge is -2.30. The number of nitrogens with zero attached hydrogens (tertiary/aromatic N) is 5. The summed E-state index contributed by atoms with van der Waals surface area (Å²) in [7, 11) is 3.33. The average Bonchev–Trinajstić information content (AvgIpc) is 4.02. The molecule has 2 aromatic carbocycles. The number of aromatic nitrogens is 5. The molecule has 5 N–H and O–H groups in total. The molecule has 5 aromatic rings. The van der Waals surface area contributed by atoms with Gasteiger partial charge in [-0.2, -0.15) is 0 Å². The fourth-order valence-electron chi connectivity index (χ4n) is 8.18. The van der Waals surface area contributed by atoms with Crippen molar-refractivity contribution in [1.29, 1.82) is 0 Å². The van der Waals surface area contributed by atoms with Crippen molar-refractivity contribution in [3.63, 3.8) is 0 Å². The summed E-state index contributed by atoms with van der Waals surface area (Å²) in [5.74, 6) is 0.699. The van der Waals surface area contributed by atoms with Crippen molar-refractivity contribution in [2.24, 2.45) is 18.9 Å². The maximum Gasteiger partial charge on any atom is 0.407 e. The van der Waals surface area contributed by atoms with Gasteiger partial charge in [-0.05, 0) is 49.7 Å². The highest BCUT2D eigenvalue weighted by atomic mass is 16.5. The van der Waals surface area contributed by atoms with Crippen molar-refractivity contribution in [2.45, 2.75) is 77.5 Å². The number of carboxylic acid groups (broad SMARTS) is 1. The fourth-order valence-corrected chi connectivity index (χ4v) is 8.18. The van der Waals surface area contributed by atoms with Gasteiger partial charge in [0.1, 0.15) is 23.7 Å². The molecule has 55 heavy (non-hydrogen) atoms. The molecule has 15 nitrogen and oxygen atoms in total. The van der Waals surface area contributed by atoms with E-state index in [0.29, 0.717) is 24.7 Å². The lowest BCUT2D eigenvalue weighted by atomic mass is 10.0. The number of alkyl carbamates (subject to hydrolysis) is 1. The number of hydrogen-bond donors (Lipinski definition) is 5. The Morgan fingerprint density at radius 1 is 0.764 bits per heavy atom. The van der Waals surface area contributed by atoms with Crippen LogP contribution in [0.2, 0.25) is 0 Å². The van der Waals surface area contributed by atoms with Gasteiger partial charge in [0.15, 0.2) is 0 Å². The van der Waals surface area contributed by atoms with Crippen LogP contribution in [0.5, 0.6) is 0 Å². The molecule has 0 radical (unpaired) electrons. The maximum absolute atomic E-state index is 13.6. The van der Waals surface area contributed by atoms with Crippen LogP contribution in [0.3, 0.4) is 0 Å². The number of hydrogen-bond acceptors (Lipinski definition) is 7. The average molecular weight is 752 g/mol. The number of methoxy groups -OCH3 is 1. The van der Waals surface area contributed by atoms with Gasteiger partial charge in [0.25, 0.3) is 0 Å². The molecule has 290 valence electrons. The number of nitrogens with one attached hydrogen (secondary N) is 4. The number of carbonyl (C=O) groups is 4. The number of amides is 4. The van der Waals surface area contributed by atoms with Gasteiger partial charge in [-0.15, -0.1) is 0 Å². The monoisotopic (exact) mass is 751 g/mol. The smallest absolute Gasteiger partial charge is 0.407 e. The van der Waals surface area contributed by atoms with Crippen LogP contribution in [0.15, 0.2) is 48.8 Å². The minimum atomic E-state index is -1.22. The van der Waals surface area contributed by atoms with Gasteiger partial charge in [0, 0.05) is 53.1 Å². The van der Waals surface area contributed by atoms with E-state index in [1.54, 1.807) is 11.1 Å². The third kappa shape index (κ3) is 7.10. The van der Waals surface area contributed by atoms with Crippen LogP contribution in [-0.2, 0) is 21.4 Å². The molecule has 7 rings (SSSR count). The molecular formula is C40H49N9O6. The van der Waals surface area contributed by atoms with Crippen LogP contribution in [0.1, 0.15) is 77.1 Å². The highest BCUT2D eigenvalue weighted by Crippen LogP contribution is 2.37. The first kappa shape index (κ1) is 37.5. The van der Waals surface area contributed by atoms with E-state index in [1.165, 1.54) is 7.11 Å². The lowest BCUT2D eigenvalue weighted by molar-refractivity contribution is -0.136. The normalized spacial score (nSPS) is 18.4. The molecule has 2 aliphatic rings. The van der Waals surface area contributed by atoms with E-state index in [1.807, 2.05) is 45.8 Å². The van der Waals surface area contributed by atoms with Gasteiger partial charge in [-0.25, -0.2) is 19.6 Å². The van der Waals surface area contributed by atoms with E-state index in [-0.39, 0.29) is 35.7 Å². The number of H-pyrrole nitrogens is 2. The van der Waals surface area contributed by atoms with E-state index in [4.69, 9.17) is 14.7 Å². The van der Waals surface area contributed by atoms with Gasteiger partial charge in [-0.3, -0.25) is 9.59 Å². The number of carbonyl (C=O) groups excluding carboxylic acids is 3. The molecule has 3 aromatic heterocycles. The van der Waals surface area contributed by atoms with Gasteiger partial charge in [0.2, 0.25) is 11.8 Å². The zero-order valence-corrected chi connectivity index (χ0v) is 32.1. The number of ether oxygens (including phenoxy) is 1. The van der Waals surface area contributed by atoms with E-state index in [0.717, 1.165) is 70.0 Å². The molecule has 15 heteroatoms. The zero-order chi connectivity index (χ0) is 39.1. The molecule has 2 saturated heterocycles. The Kier molecular flexibility index (Phi) is 10.3. The number of fused-ring (bicyclic) bond motifs is 3. The third-order valence-corrected chi connectivity index (χ3v) is 11.1. The van der Waals surface area contributed by atoms with E-state index >= 15 is 0 Å². The second-order valence-corrected chi connectivity index (χ2v) is 15.3. The number of aromatic amines is 2. The molecule has 0 aliphatic carbocycles. The first-order valence-electron chi connectivity index (χ1n) is 18.9. The van der Waals surface area contributed by atoms with Crippen molar-refractivity contribution >= 4 is 45.8 Å². The fraction of sp³-hybridized carbons (Fsp3) is 0.450. The van der Waals surface area contributed by atoms with E-state index in [9.17, 15) is 24.3 Å². The van der Waals surface area contributed by atoms with Crippen molar-refractivity contribution in [1.82, 2.24) is 44.9 Å². The quantitative estimate of drug-likeness (QED) is 0.113.